The molecule has 4 heterocycles. The van der Waals surface area contributed by atoms with Crippen LogP contribution in [-0.4, -0.2) is 51.8 Å². The zero-order valence-electron chi connectivity index (χ0n) is 16.0. The van der Waals surface area contributed by atoms with E-state index in [0.29, 0.717) is 35.3 Å². The molecule has 1 atom stereocenters. The van der Waals surface area contributed by atoms with Crippen molar-refractivity contribution in [3.8, 4) is 11.5 Å². The molecular weight excluding hydrogens is 342 g/mol. The maximum atomic E-state index is 13.4. The molecule has 1 N–H and O–H groups in total. The fourth-order valence-electron chi connectivity index (χ4n) is 3.69. The second kappa shape index (κ2) is 7.15. The Morgan fingerprint density at radius 2 is 2.26 bits per heavy atom. The Bertz CT molecular complexity index is 945. The molecule has 7 nitrogen and oxygen atoms in total. The molecule has 0 radical (unpaired) electrons. The largest absolute Gasteiger partial charge is 0.463 e. The van der Waals surface area contributed by atoms with E-state index in [4.69, 9.17) is 9.40 Å². The van der Waals surface area contributed by atoms with Gasteiger partial charge in [0.15, 0.2) is 11.4 Å². The summed E-state index contributed by atoms with van der Waals surface area (Å²) < 4.78 is 7.39. The average molecular weight is 367 g/mol. The molecule has 7 heteroatoms. The van der Waals surface area contributed by atoms with Gasteiger partial charge in [0.1, 0.15) is 5.69 Å². The summed E-state index contributed by atoms with van der Waals surface area (Å²) in [5, 5.41) is 8.56. The highest BCUT2D eigenvalue weighted by molar-refractivity contribution is 6.06. The number of pyridine rings is 1. The first-order chi connectivity index (χ1) is 13.1. The van der Waals surface area contributed by atoms with E-state index in [0.717, 1.165) is 24.8 Å². The lowest BCUT2D eigenvalue weighted by molar-refractivity contribution is 0.0700. The molecule has 1 fully saturated rings. The summed E-state index contributed by atoms with van der Waals surface area (Å²) >= 11 is 0. The number of nitrogens with zero attached hydrogens (tertiary/aromatic N) is 4. The third kappa shape index (κ3) is 3.23. The van der Waals surface area contributed by atoms with Crippen LogP contribution in [0.25, 0.3) is 22.5 Å². The summed E-state index contributed by atoms with van der Waals surface area (Å²) in [6.45, 7) is 5.59. The second-order valence-corrected chi connectivity index (χ2v) is 7.33. The Kier molecular flexibility index (Phi) is 4.70. The van der Waals surface area contributed by atoms with Gasteiger partial charge in [0.2, 0.25) is 0 Å². The van der Waals surface area contributed by atoms with Crippen LogP contribution < -0.4 is 5.32 Å². The van der Waals surface area contributed by atoms with Gasteiger partial charge in [-0.2, -0.15) is 5.10 Å². The minimum atomic E-state index is 0.0264. The number of rotatable bonds is 4. The molecule has 4 rings (SSSR count). The number of amides is 1. The molecule has 0 bridgehead atoms. The minimum absolute atomic E-state index is 0.0264. The molecule has 0 saturated carbocycles. The maximum absolute atomic E-state index is 13.4. The number of furan rings is 1. The van der Waals surface area contributed by atoms with Gasteiger partial charge in [-0.1, -0.05) is 0 Å². The highest BCUT2D eigenvalue weighted by atomic mass is 16.3. The van der Waals surface area contributed by atoms with Crippen LogP contribution in [0.15, 0.2) is 35.1 Å². The Morgan fingerprint density at radius 1 is 1.41 bits per heavy atom. The first-order valence-electron chi connectivity index (χ1n) is 9.47. The van der Waals surface area contributed by atoms with Gasteiger partial charge in [-0.3, -0.25) is 4.79 Å². The smallest absolute Gasteiger partial charge is 0.254 e. The zero-order valence-corrected chi connectivity index (χ0v) is 16.0. The van der Waals surface area contributed by atoms with Crippen molar-refractivity contribution in [1.29, 1.82) is 0 Å². The predicted molar refractivity (Wildman–Crippen MR) is 104 cm³/mol. The van der Waals surface area contributed by atoms with Crippen molar-refractivity contribution >= 4 is 16.9 Å². The summed E-state index contributed by atoms with van der Waals surface area (Å²) in [5.41, 5.74) is 2.00. The minimum Gasteiger partial charge on any atom is -0.463 e. The number of carbonyl (C=O) groups excluding carboxylic acids is 1. The summed E-state index contributed by atoms with van der Waals surface area (Å²) in [7, 11) is 1.95. The molecule has 1 unspecified atom stereocenters. The fraction of sp³-hybridized carbons (Fsp3) is 0.450. The first kappa shape index (κ1) is 17.7. The van der Waals surface area contributed by atoms with E-state index in [1.807, 2.05) is 34.8 Å². The van der Waals surface area contributed by atoms with Gasteiger partial charge >= 0.3 is 0 Å². The molecular formula is C20H25N5O2. The highest BCUT2D eigenvalue weighted by Gasteiger charge is 2.27. The van der Waals surface area contributed by atoms with Gasteiger partial charge in [-0.25, -0.2) is 9.67 Å². The Balaban J connectivity index is 1.82. The standard InChI is InChI=1S/C20H25N5O2/c1-13(2)25-19-16(11-22-25)15(10-17(23-19)18-7-5-9-27-18)20(26)24-8-4-6-14(12-24)21-3/h5,7,9-11,13-14,21H,4,6,8,12H2,1-3H3. The third-order valence-corrected chi connectivity index (χ3v) is 5.18. The monoisotopic (exact) mass is 367 g/mol. The second-order valence-electron chi connectivity index (χ2n) is 7.33. The Labute approximate surface area is 158 Å². The number of piperidine rings is 1. The zero-order chi connectivity index (χ0) is 19.0. The van der Waals surface area contributed by atoms with Crippen LogP contribution in [0.5, 0.6) is 0 Å². The number of fused-ring (bicyclic) bond motifs is 1. The van der Waals surface area contributed by atoms with E-state index >= 15 is 0 Å². The van der Waals surface area contributed by atoms with Crippen molar-refractivity contribution in [2.75, 3.05) is 20.1 Å². The number of aromatic nitrogens is 3. The van der Waals surface area contributed by atoms with Crippen LogP contribution in [0.3, 0.4) is 0 Å². The fourth-order valence-corrected chi connectivity index (χ4v) is 3.69. The number of hydrogen-bond acceptors (Lipinski definition) is 5. The molecule has 1 aliphatic heterocycles. The van der Waals surface area contributed by atoms with Crippen LogP contribution in [0.1, 0.15) is 43.1 Å². The summed E-state index contributed by atoms with van der Waals surface area (Å²) in [4.78, 5) is 20.0. The molecule has 0 aliphatic carbocycles. The summed E-state index contributed by atoms with van der Waals surface area (Å²) in [6, 6.07) is 6.00. The van der Waals surface area contributed by atoms with Gasteiger partial charge in [-0.05, 0) is 51.9 Å². The normalized spacial score (nSPS) is 17.8. The van der Waals surface area contributed by atoms with Crippen LogP contribution in [0.4, 0.5) is 0 Å². The number of likely N-dealkylation sites (N-methyl/N-ethyl adjacent to an activating group) is 1. The molecule has 142 valence electrons. The predicted octanol–water partition coefficient (Wildman–Crippen LogP) is 3.10. The SMILES string of the molecule is CNC1CCCN(C(=O)c2cc(-c3ccco3)nc3c2cnn3C(C)C)C1. The summed E-state index contributed by atoms with van der Waals surface area (Å²) in [5.74, 6) is 0.674. The number of nitrogens with one attached hydrogen (secondary N) is 1. The van der Waals surface area contributed by atoms with E-state index in [-0.39, 0.29) is 11.9 Å². The van der Waals surface area contributed by atoms with Crippen molar-refractivity contribution < 1.29 is 9.21 Å². The lowest BCUT2D eigenvalue weighted by Crippen LogP contribution is -2.47. The summed E-state index contributed by atoms with van der Waals surface area (Å²) in [6.07, 6.45) is 5.46. The molecule has 0 spiro atoms. The van der Waals surface area contributed by atoms with E-state index < -0.39 is 0 Å². The Hall–Kier alpha value is -2.67. The van der Waals surface area contributed by atoms with Crippen LogP contribution in [0, 0.1) is 0 Å². The molecule has 1 amide bonds. The first-order valence-corrected chi connectivity index (χ1v) is 9.47. The quantitative estimate of drug-likeness (QED) is 0.767. The van der Waals surface area contributed by atoms with Crippen molar-refractivity contribution in [2.45, 2.75) is 38.8 Å². The highest BCUT2D eigenvalue weighted by Crippen LogP contribution is 2.28. The van der Waals surface area contributed by atoms with Gasteiger partial charge < -0.3 is 14.6 Å². The average Bonchev–Trinajstić information content (AvgIpc) is 3.36. The Morgan fingerprint density at radius 3 is 2.96 bits per heavy atom. The van der Waals surface area contributed by atoms with Gasteiger partial charge in [0, 0.05) is 25.2 Å². The lowest BCUT2D eigenvalue weighted by Gasteiger charge is -2.32. The maximum Gasteiger partial charge on any atom is 0.254 e. The van der Waals surface area contributed by atoms with Gasteiger partial charge in [0.05, 0.1) is 23.4 Å². The van der Waals surface area contributed by atoms with Crippen molar-refractivity contribution in [2.24, 2.45) is 0 Å². The molecule has 1 aliphatic rings. The van der Waals surface area contributed by atoms with Crippen molar-refractivity contribution in [3.63, 3.8) is 0 Å². The van der Waals surface area contributed by atoms with Gasteiger partial charge in [-0.15, -0.1) is 0 Å². The van der Waals surface area contributed by atoms with Gasteiger partial charge in [0.25, 0.3) is 5.91 Å². The third-order valence-electron chi connectivity index (χ3n) is 5.18. The molecule has 3 aromatic rings. The van der Waals surface area contributed by atoms with E-state index in [1.54, 1.807) is 12.5 Å². The topological polar surface area (TPSA) is 76.2 Å². The van der Waals surface area contributed by atoms with Crippen molar-refractivity contribution in [1.82, 2.24) is 25.0 Å². The van der Waals surface area contributed by atoms with E-state index in [2.05, 4.69) is 24.3 Å². The van der Waals surface area contributed by atoms with E-state index in [1.165, 1.54) is 0 Å². The number of hydrogen-bond donors (Lipinski definition) is 1. The molecule has 27 heavy (non-hydrogen) atoms. The van der Waals surface area contributed by atoms with Crippen LogP contribution in [-0.2, 0) is 0 Å². The number of likely N-dealkylation sites (tertiary alicyclic amines) is 1. The van der Waals surface area contributed by atoms with Crippen LogP contribution >= 0.6 is 0 Å². The molecule has 0 aromatic carbocycles. The van der Waals surface area contributed by atoms with Crippen LogP contribution in [0.2, 0.25) is 0 Å². The molecule has 1 saturated heterocycles. The molecule has 3 aromatic heterocycles. The number of carbonyl (C=O) groups is 1. The van der Waals surface area contributed by atoms with Crippen molar-refractivity contribution in [3.05, 3.63) is 36.2 Å². The van der Waals surface area contributed by atoms with E-state index in [9.17, 15) is 4.79 Å². The lowest BCUT2D eigenvalue weighted by atomic mass is 10.0.